The molecular weight excluding hydrogens is 457 g/mol. The van der Waals surface area contributed by atoms with Gasteiger partial charge in [-0.3, -0.25) is 4.90 Å². The Balaban J connectivity index is 1.17. The fourth-order valence-corrected chi connectivity index (χ4v) is 5.00. The number of hydrogen-bond donors (Lipinski definition) is 2. The summed E-state index contributed by atoms with van der Waals surface area (Å²) in [6.07, 6.45) is 3.11. The van der Waals surface area contributed by atoms with Gasteiger partial charge >= 0.3 is 6.03 Å². The van der Waals surface area contributed by atoms with E-state index in [-0.39, 0.29) is 23.5 Å². The Morgan fingerprint density at radius 3 is 2.31 bits per heavy atom. The number of rotatable bonds is 6. The lowest BCUT2D eigenvalue weighted by molar-refractivity contribution is 0.162. The molecule has 0 bridgehead atoms. The molecule has 2 aliphatic heterocycles. The van der Waals surface area contributed by atoms with Gasteiger partial charge in [0.15, 0.2) is 17.5 Å². The van der Waals surface area contributed by atoms with E-state index in [9.17, 15) is 23.1 Å². The van der Waals surface area contributed by atoms with E-state index in [4.69, 9.17) is 0 Å². The monoisotopic (exact) mass is 490 g/mol. The normalized spacial score (nSPS) is 19.7. The number of benzene rings is 2. The predicted octanol–water partition coefficient (Wildman–Crippen LogP) is 4.33. The zero-order chi connectivity index (χ0) is 24.9. The second-order valence-electron chi connectivity index (χ2n) is 9.62. The van der Waals surface area contributed by atoms with Crippen molar-refractivity contribution in [3.05, 3.63) is 59.4 Å². The summed E-state index contributed by atoms with van der Waals surface area (Å²) < 4.78 is 40.4. The van der Waals surface area contributed by atoms with Gasteiger partial charge in [-0.05, 0) is 62.9 Å². The molecule has 9 heteroatoms. The molecule has 2 aliphatic rings. The van der Waals surface area contributed by atoms with Crippen molar-refractivity contribution >= 4 is 11.7 Å². The van der Waals surface area contributed by atoms with Crippen molar-refractivity contribution in [2.45, 2.75) is 38.8 Å². The van der Waals surface area contributed by atoms with Crippen LogP contribution in [0.3, 0.4) is 0 Å². The number of nitrogens with one attached hydrogen (secondary N) is 1. The molecule has 35 heavy (non-hydrogen) atoms. The Morgan fingerprint density at radius 2 is 1.69 bits per heavy atom. The first-order valence-electron chi connectivity index (χ1n) is 12.2. The van der Waals surface area contributed by atoms with Crippen molar-refractivity contribution in [2.24, 2.45) is 5.92 Å². The summed E-state index contributed by atoms with van der Waals surface area (Å²) in [5, 5.41) is 12.4. The second kappa shape index (κ2) is 11.2. The maximum Gasteiger partial charge on any atom is 0.317 e. The molecule has 6 nitrogen and oxygen atoms in total. The summed E-state index contributed by atoms with van der Waals surface area (Å²) >= 11 is 0. The molecule has 2 fully saturated rings. The van der Waals surface area contributed by atoms with E-state index in [0.717, 1.165) is 51.0 Å². The summed E-state index contributed by atoms with van der Waals surface area (Å²) in [5.74, 6) is -3.03. The van der Waals surface area contributed by atoms with Crippen LogP contribution in [-0.2, 0) is 6.54 Å². The lowest BCUT2D eigenvalue weighted by atomic mass is 9.93. The number of hydrogen-bond acceptors (Lipinski definition) is 4. The van der Waals surface area contributed by atoms with E-state index in [1.165, 1.54) is 5.56 Å². The Hall–Kier alpha value is -2.94. The van der Waals surface area contributed by atoms with Gasteiger partial charge in [0, 0.05) is 56.6 Å². The number of aromatic hydroxyl groups is 1. The van der Waals surface area contributed by atoms with Crippen molar-refractivity contribution in [2.75, 3.05) is 44.2 Å². The highest BCUT2D eigenvalue weighted by molar-refractivity contribution is 5.75. The van der Waals surface area contributed by atoms with E-state index < -0.39 is 17.5 Å². The van der Waals surface area contributed by atoms with Gasteiger partial charge in [-0.2, -0.15) is 0 Å². The van der Waals surface area contributed by atoms with E-state index in [1.807, 2.05) is 19.1 Å². The zero-order valence-electron chi connectivity index (χ0n) is 20.0. The van der Waals surface area contributed by atoms with Crippen LogP contribution in [0.2, 0.25) is 0 Å². The minimum atomic E-state index is -1.47. The van der Waals surface area contributed by atoms with Crippen molar-refractivity contribution in [1.29, 1.82) is 0 Å². The molecule has 1 atom stereocenters. The Morgan fingerprint density at radius 1 is 1.03 bits per heavy atom. The summed E-state index contributed by atoms with van der Waals surface area (Å²) in [5.41, 5.74) is 1.47. The lowest BCUT2D eigenvalue weighted by Gasteiger charge is -2.41. The van der Waals surface area contributed by atoms with Crippen LogP contribution in [0.5, 0.6) is 5.75 Å². The van der Waals surface area contributed by atoms with Crippen molar-refractivity contribution in [3.8, 4) is 5.75 Å². The minimum absolute atomic E-state index is 0.126. The first-order chi connectivity index (χ1) is 16.8. The second-order valence-corrected chi connectivity index (χ2v) is 9.62. The van der Waals surface area contributed by atoms with Crippen LogP contribution in [0.15, 0.2) is 36.4 Å². The van der Waals surface area contributed by atoms with Gasteiger partial charge < -0.3 is 20.2 Å². The Kier molecular flexibility index (Phi) is 8.05. The number of carbonyl (C=O) groups is 1. The third-order valence-corrected chi connectivity index (χ3v) is 7.10. The molecule has 0 saturated carbocycles. The van der Waals surface area contributed by atoms with Crippen LogP contribution < -0.4 is 10.2 Å². The fourth-order valence-electron chi connectivity index (χ4n) is 5.00. The lowest BCUT2D eigenvalue weighted by Crippen LogP contribution is -2.56. The molecule has 4 rings (SSSR count). The molecule has 2 saturated heterocycles. The third-order valence-electron chi connectivity index (χ3n) is 7.10. The van der Waals surface area contributed by atoms with Crippen molar-refractivity contribution < 1.29 is 23.1 Å². The zero-order valence-corrected chi connectivity index (χ0v) is 20.0. The van der Waals surface area contributed by atoms with E-state index in [2.05, 4.69) is 10.2 Å². The number of piperazine rings is 1. The number of urea groups is 1. The van der Waals surface area contributed by atoms with Crippen LogP contribution in [0.25, 0.3) is 0 Å². The molecule has 2 heterocycles. The molecule has 0 spiro atoms. The van der Waals surface area contributed by atoms with Crippen LogP contribution in [0, 0.1) is 23.4 Å². The average Bonchev–Trinajstić information content (AvgIpc) is 2.84. The minimum Gasteiger partial charge on any atom is -0.508 e. The standard InChI is InChI=1S/C26H33F3N4O2/c1-18-16-32(21-14-23(27)25(29)24(28)15-21)12-13-33(18)26(35)30-9-6-19-7-10-31(11-8-19)17-20-2-4-22(34)5-3-20/h2-5,14-15,18-19,34H,6-13,16-17H2,1H3,(H,30,35)/t18-/m1/s1. The first kappa shape index (κ1) is 25.2. The number of carbonyl (C=O) groups excluding carboxylic acids is 1. The van der Waals surface area contributed by atoms with Gasteiger partial charge in [0.1, 0.15) is 5.75 Å². The molecule has 0 unspecified atom stereocenters. The van der Waals surface area contributed by atoms with Crippen LogP contribution in [0.1, 0.15) is 31.7 Å². The molecule has 2 aromatic rings. The first-order valence-corrected chi connectivity index (χ1v) is 12.2. The number of phenols is 1. The SMILES string of the molecule is C[C@@H]1CN(c2cc(F)c(F)c(F)c2)CCN1C(=O)NCCC1CCN(Cc2ccc(O)cc2)CC1. The summed E-state index contributed by atoms with van der Waals surface area (Å²) in [6, 6.07) is 9.05. The number of likely N-dealkylation sites (tertiary alicyclic amines) is 1. The van der Waals surface area contributed by atoms with Gasteiger partial charge in [0.2, 0.25) is 0 Å². The molecular formula is C26H33F3N4O2. The predicted molar refractivity (Wildman–Crippen MR) is 129 cm³/mol. The summed E-state index contributed by atoms with van der Waals surface area (Å²) in [4.78, 5) is 18.7. The molecule has 2 amide bonds. The highest BCUT2D eigenvalue weighted by atomic mass is 19.2. The highest BCUT2D eigenvalue weighted by Crippen LogP contribution is 2.25. The van der Waals surface area contributed by atoms with Gasteiger partial charge in [-0.15, -0.1) is 0 Å². The summed E-state index contributed by atoms with van der Waals surface area (Å²) in [7, 11) is 0. The number of anilines is 1. The van der Waals surface area contributed by atoms with Crippen molar-refractivity contribution in [3.63, 3.8) is 0 Å². The van der Waals surface area contributed by atoms with Crippen LogP contribution >= 0.6 is 0 Å². The third kappa shape index (κ3) is 6.39. The molecule has 0 aromatic heterocycles. The van der Waals surface area contributed by atoms with Crippen LogP contribution in [0.4, 0.5) is 23.7 Å². The highest BCUT2D eigenvalue weighted by Gasteiger charge is 2.28. The molecule has 2 N–H and O–H groups in total. The van der Waals surface area contributed by atoms with Crippen molar-refractivity contribution in [1.82, 2.24) is 15.1 Å². The number of piperidine rings is 1. The fraction of sp³-hybridized carbons (Fsp3) is 0.500. The van der Waals surface area contributed by atoms with Gasteiger partial charge in [-0.1, -0.05) is 12.1 Å². The average molecular weight is 491 g/mol. The Bertz CT molecular complexity index is 989. The Labute approximate surface area is 204 Å². The van der Waals surface area contributed by atoms with Gasteiger partial charge in [-0.25, -0.2) is 18.0 Å². The topological polar surface area (TPSA) is 59.0 Å². The molecule has 0 aliphatic carbocycles. The number of nitrogens with zero attached hydrogens (tertiary/aromatic N) is 3. The molecule has 0 radical (unpaired) electrons. The number of phenolic OH excluding ortho intramolecular Hbond substituents is 1. The smallest absolute Gasteiger partial charge is 0.317 e. The maximum atomic E-state index is 13.6. The number of amides is 2. The molecule has 2 aromatic carbocycles. The number of halogens is 3. The van der Waals surface area contributed by atoms with Crippen LogP contribution in [-0.4, -0.2) is 66.2 Å². The summed E-state index contributed by atoms with van der Waals surface area (Å²) in [6.45, 7) is 6.67. The maximum absolute atomic E-state index is 13.6. The van der Waals surface area contributed by atoms with E-state index >= 15 is 0 Å². The quantitative estimate of drug-likeness (QED) is 0.592. The van der Waals surface area contributed by atoms with E-state index in [0.29, 0.717) is 32.1 Å². The van der Waals surface area contributed by atoms with Gasteiger partial charge in [0.25, 0.3) is 0 Å². The largest absolute Gasteiger partial charge is 0.508 e. The van der Waals surface area contributed by atoms with Gasteiger partial charge in [0.05, 0.1) is 0 Å². The van der Waals surface area contributed by atoms with E-state index in [1.54, 1.807) is 21.9 Å². The molecule has 190 valence electrons.